The fraction of sp³-hybridized carbons (Fsp3) is 0.462. The molecule has 0 unspecified atom stereocenters. The summed E-state index contributed by atoms with van der Waals surface area (Å²) in [4.78, 5) is 15.4. The number of carbonyl (C=O) groups is 1. The molecule has 18 heavy (non-hydrogen) atoms. The second kappa shape index (κ2) is 5.82. The number of phenols is 1. The van der Waals surface area contributed by atoms with E-state index in [0.29, 0.717) is 18.4 Å². The third kappa shape index (κ3) is 3.10. The maximum atomic E-state index is 10.9. The molecule has 0 spiro atoms. The summed E-state index contributed by atoms with van der Waals surface area (Å²) in [5, 5.41) is 10.0. The molecule has 4 nitrogen and oxygen atoms in total. The number of aromatic hydroxyl groups is 1. The third-order valence-corrected chi connectivity index (χ3v) is 3.76. The van der Waals surface area contributed by atoms with Crippen molar-refractivity contribution in [3.05, 3.63) is 27.7 Å². The molecule has 5 heteroatoms. The SMILES string of the molecule is CN1CCN(Cc2cc(Br)cc(C=O)c2O)CC1. The Morgan fingerprint density at radius 1 is 1.33 bits per heavy atom. The summed E-state index contributed by atoms with van der Waals surface area (Å²) in [6, 6.07) is 3.51. The molecule has 1 aromatic rings. The van der Waals surface area contributed by atoms with Gasteiger partial charge in [-0.2, -0.15) is 0 Å². The highest BCUT2D eigenvalue weighted by Crippen LogP contribution is 2.27. The van der Waals surface area contributed by atoms with Crippen molar-refractivity contribution >= 4 is 22.2 Å². The largest absolute Gasteiger partial charge is 0.507 e. The molecule has 1 heterocycles. The van der Waals surface area contributed by atoms with E-state index in [9.17, 15) is 9.90 Å². The van der Waals surface area contributed by atoms with Gasteiger partial charge in [0.25, 0.3) is 0 Å². The molecule has 1 aliphatic rings. The highest BCUT2D eigenvalue weighted by atomic mass is 79.9. The van der Waals surface area contributed by atoms with E-state index in [1.807, 2.05) is 6.07 Å². The van der Waals surface area contributed by atoms with Crippen LogP contribution in [0.2, 0.25) is 0 Å². The average Bonchev–Trinajstić information content (AvgIpc) is 2.36. The fourth-order valence-corrected chi connectivity index (χ4v) is 2.66. The predicted molar refractivity (Wildman–Crippen MR) is 74.0 cm³/mol. The molecule has 1 aromatic carbocycles. The van der Waals surface area contributed by atoms with Crippen LogP contribution < -0.4 is 0 Å². The van der Waals surface area contributed by atoms with Crippen LogP contribution in [0.25, 0.3) is 0 Å². The van der Waals surface area contributed by atoms with Gasteiger partial charge in [-0.25, -0.2) is 0 Å². The lowest BCUT2D eigenvalue weighted by atomic mass is 10.1. The summed E-state index contributed by atoms with van der Waals surface area (Å²) >= 11 is 3.37. The molecule has 1 fully saturated rings. The first-order chi connectivity index (χ1) is 8.60. The quantitative estimate of drug-likeness (QED) is 0.863. The number of likely N-dealkylation sites (N-methyl/N-ethyl adjacent to an activating group) is 1. The van der Waals surface area contributed by atoms with Crippen molar-refractivity contribution in [1.29, 1.82) is 0 Å². The van der Waals surface area contributed by atoms with Crippen LogP contribution in [0.5, 0.6) is 5.75 Å². The number of aldehydes is 1. The molecular formula is C13H17BrN2O2. The average molecular weight is 313 g/mol. The van der Waals surface area contributed by atoms with Gasteiger partial charge in [0.2, 0.25) is 0 Å². The Bertz CT molecular complexity index is 443. The molecule has 1 N–H and O–H groups in total. The van der Waals surface area contributed by atoms with E-state index in [-0.39, 0.29) is 5.75 Å². The van der Waals surface area contributed by atoms with Crippen LogP contribution in [-0.2, 0) is 6.54 Å². The molecule has 1 saturated heterocycles. The number of phenolic OH excluding ortho intramolecular Hbond substituents is 1. The zero-order valence-corrected chi connectivity index (χ0v) is 12.0. The number of benzene rings is 1. The second-order valence-corrected chi connectivity index (χ2v) is 5.62. The van der Waals surface area contributed by atoms with Crippen LogP contribution in [0.1, 0.15) is 15.9 Å². The lowest BCUT2D eigenvalue weighted by Crippen LogP contribution is -2.43. The van der Waals surface area contributed by atoms with Gasteiger partial charge in [-0.1, -0.05) is 15.9 Å². The molecule has 0 bridgehead atoms. The van der Waals surface area contributed by atoms with Crippen molar-refractivity contribution in [2.24, 2.45) is 0 Å². The summed E-state index contributed by atoms with van der Waals surface area (Å²) in [5.41, 5.74) is 1.14. The van der Waals surface area contributed by atoms with Gasteiger partial charge in [-0.05, 0) is 19.2 Å². The summed E-state index contributed by atoms with van der Waals surface area (Å²) in [7, 11) is 2.11. The molecule has 0 aromatic heterocycles. The minimum Gasteiger partial charge on any atom is -0.507 e. The van der Waals surface area contributed by atoms with Crippen molar-refractivity contribution in [2.75, 3.05) is 33.2 Å². The molecule has 0 aliphatic carbocycles. The van der Waals surface area contributed by atoms with Crippen LogP contribution >= 0.6 is 15.9 Å². The maximum absolute atomic E-state index is 10.9. The fourth-order valence-electron chi connectivity index (χ4n) is 2.14. The minimum atomic E-state index is 0.104. The highest BCUT2D eigenvalue weighted by Gasteiger charge is 2.17. The Morgan fingerprint density at radius 2 is 2.00 bits per heavy atom. The number of halogens is 1. The highest BCUT2D eigenvalue weighted by molar-refractivity contribution is 9.10. The molecule has 2 rings (SSSR count). The van der Waals surface area contributed by atoms with E-state index in [0.717, 1.165) is 36.2 Å². The number of hydrogen-bond acceptors (Lipinski definition) is 4. The van der Waals surface area contributed by atoms with Crippen LogP contribution in [-0.4, -0.2) is 54.4 Å². The van der Waals surface area contributed by atoms with Gasteiger partial charge in [0, 0.05) is 42.8 Å². The van der Waals surface area contributed by atoms with E-state index < -0.39 is 0 Å². The third-order valence-electron chi connectivity index (χ3n) is 3.30. The summed E-state index contributed by atoms with van der Waals surface area (Å²) in [6.07, 6.45) is 0.688. The van der Waals surface area contributed by atoms with E-state index in [2.05, 4.69) is 32.8 Å². The Hall–Kier alpha value is -0.910. The Kier molecular flexibility index (Phi) is 4.37. The second-order valence-electron chi connectivity index (χ2n) is 4.70. The zero-order valence-electron chi connectivity index (χ0n) is 10.4. The number of carbonyl (C=O) groups excluding carboxylic acids is 1. The summed E-state index contributed by atoms with van der Waals surface area (Å²) in [6.45, 7) is 4.72. The maximum Gasteiger partial charge on any atom is 0.153 e. The number of rotatable bonds is 3. The van der Waals surface area contributed by atoms with Gasteiger partial charge in [-0.15, -0.1) is 0 Å². The van der Waals surface area contributed by atoms with Crippen LogP contribution in [0, 0.1) is 0 Å². The normalized spacial score (nSPS) is 17.9. The molecule has 1 aliphatic heterocycles. The molecule has 0 saturated carbocycles. The van der Waals surface area contributed by atoms with Crippen molar-refractivity contribution in [1.82, 2.24) is 9.80 Å². The first-order valence-electron chi connectivity index (χ1n) is 5.97. The van der Waals surface area contributed by atoms with Crippen molar-refractivity contribution < 1.29 is 9.90 Å². The Balaban J connectivity index is 2.13. The van der Waals surface area contributed by atoms with Gasteiger partial charge < -0.3 is 10.0 Å². The van der Waals surface area contributed by atoms with Gasteiger partial charge in [-0.3, -0.25) is 9.69 Å². The van der Waals surface area contributed by atoms with Crippen LogP contribution in [0.3, 0.4) is 0 Å². The standard InChI is InChI=1S/C13H17BrN2O2/c1-15-2-4-16(5-3-15)8-10-6-12(14)7-11(9-17)13(10)18/h6-7,9,18H,2-5,8H2,1H3. The van der Waals surface area contributed by atoms with Crippen LogP contribution in [0.4, 0.5) is 0 Å². The molecule has 98 valence electrons. The molecule has 0 atom stereocenters. The predicted octanol–water partition coefficient (Wildman–Crippen LogP) is 1.71. The van der Waals surface area contributed by atoms with Crippen LogP contribution in [0.15, 0.2) is 16.6 Å². The van der Waals surface area contributed by atoms with E-state index in [1.165, 1.54) is 0 Å². The summed E-state index contributed by atoms with van der Waals surface area (Å²) < 4.78 is 0.825. The minimum absolute atomic E-state index is 0.104. The zero-order chi connectivity index (χ0) is 13.1. The van der Waals surface area contributed by atoms with Gasteiger partial charge in [0.15, 0.2) is 6.29 Å². The molecule has 0 radical (unpaired) electrons. The van der Waals surface area contributed by atoms with Gasteiger partial charge >= 0.3 is 0 Å². The Morgan fingerprint density at radius 3 is 2.61 bits per heavy atom. The van der Waals surface area contributed by atoms with Crippen molar-refractivity contribution in [3.8, 4) is 5.75 Å². The number of nitrogens with zero attached hydrogens (tertiary/aromatic N) is 2. The number of hydrogen-bond donors (Lipinski definition) is 1. The smallest absolute Gasteiger partial charge is 0.153 e. The topological polar surface area (TPSA) is 43.8 Å². The van der Waals surface area contributed by atoms with E-state index in [4.69, 9.17) is 0 Å². The van der Waals surface area contributed by atoms with Gasteiger partial charge in [0.1, 0.15) is 5.75 Å². The number of piperazine rings is 1. The summed E-state index contributed by atoms with van der Waals surface area (Å²) in [5.74, 6) is 0.104. The van der Waals surface area contributed by atoms with Crippen molar-refractivity contribution in [3.63, 3.8) is 0 Å². The van der Waals surface area contributed by atoms with E-state index >= 15 is 0 Å². The Labute approximate surface area is 115 Å². The first-order valence-corrected chi connectivity index (χ1v) is 6.77. The first kappa shape index (κ1) is 13.5. The molecular weight excluding hydrogens is 296 g/mol. The monoisotopic (exact) mass is 312 g/mol. The van der Waals surface area contributed by atoms with E-state index in [1.54, 1.807) is 6.07 Å². The van der Waals surface area contributed by atoms with Crippen molar-refractivity contribution in [2.45, 2.75) is 6.54 Å². The lowest BCUT2D eigenvalue weighted by molar-refractivity contribution is 0.112. The lowest BCUT2D eigenvalue weighted by Gasteiger charge is -2.32. The van der Waals surface area contributed by atoms with Gasteiger partial charge in [0.05, 0.1) is 5.56 Å². The molecule has 0 amide bonds.